The molecular formula is C15H14BrNO2S. The highest BCUT2D eigenvalue weighted by molar-refractivity contribution is 9.11. The van der Waals surface area contributed by atoms with Gasteiger partial charge in [0.25, 0.3) is 0 Å². The molecule has 1 aromatic heterocycles. The van der Waals surface area contributed by atoms with Crippen LogP contribution in [0.15, 0.2) is 39.5 Å². The molecule has 0 saturated heterocycles. The van der Waals surface area contributed by atoms with Gasteiger partial charge in [0.05, 0.1) is 9.70 Å². The quantitative estimate of drug-likeness (QED) is 0.905. The van der Waals surface area contributed by atoms with Gasteiger partial charge in [-0.3, -0.25) is 4.79 Å². The van der Waals surface area contributed by atoms with Crippen LogP contribution in [0.25, 0.3) is 0 Å². The molecule has 2 aromatic rings. The van der Waals surface area contributed by atoms with Gasteiger partial charge in [-0.1, -0.05) is 18.2 Å². The van der Waals surface area contributed by atoms with E-state index in [1.165, 1.54) is 5.56 Å². The van der Waals surface area contributed by atoms with Crippen LogP contribution in [-0.4, -0.2) is 17.6 Å². The van der Waals surface area contributed by atoms with Crippen LogP contribution in [0.5, 0.6) is 0 Å². The Morgan fingerprint density at radius 1 is 1.45 bits per heavy atom. The van der Waals surface area contributed by atoms with Crippen molar-refractivity contribution in [3.8, 4) is 0 Å². The van der Waals surface area contributed by atoms with Gasteiger partial charge >= 0.3 is 5.97 Å². The molecule has 0 radical (unpaired) electrons. The van der Waals surface area contributed by atoms with Crippen LogP contribution < -0.4 is 4.90 Å². The van der Waals surface area contributed by atoms with Crippen molar-refractivity contribution in [1.29, 1.82) is 0 Å². The number of para-hydroxylation sites is 1. The largest absolute Gasteiger partial charge is 0.481 e. The Kier molecular flexibility index (Phi) is 3.81. The van der Waals surface area contributed by atoms with Crippen LogP contribution in [0.1, 0.15) is 23.5 Å². The third-order valence-electron chi connectivity index (χ3n) is 3.63. The number of rotatable bonds is 3. The lowest BCUT2D eigenvalue weighted by Gasteiger charge is -2.34. The van der Waals surface area contributed by atoms with E-state index in [9.17, 15) is 9.90 Å². The molecule has 0 spiro atoms. The number of anilines is 1. The lowest BCUT2D eigenvalue weighted by Crippen LogP contribution is -2.32. The summed E-state index contributed by atoms with van der Waals surface area (Å²) in [6.45, 7) is 1.60. The molecule has 1 aliphatic heterocycles. The predicted molar refractivity (Wildman–Crippen MR) is 84.5 cm³/mol. The molecule has 0 bridgehead atoms. The van der Waals surface area contributed by atoms with Crippen molar-refractivity contribution in [2.75, 3.05) is 11.4 Å². The SMILES string of the molecule is O=C(O)C1CCN(Cc2csc(Br)c2)c2ccccc21. The Bertz CT molecular complexity index is 640. The maximum Gasteiger partial charge on any atom is 0.311 e. The van der Waals surface area contributed by atoms with Gasteiger partial charge in [0.2, 0.25) is 0 Å². The van der Waals surface area contributed by atoms with Gasteiger partial charge in [-0.25, -0.2) is 0 Å². The lowest BCUT2D eigenvalue weighted by atomic mass is 9.90. The highest BCUT2D eigenvalue weighted by Gasteiger charge is 2.29. The molecule has 20 heavy (non-hydrogen) atoms. The molecule has 1 atom stereocenters. The number of carboxylic acids is 1. The van der Waals surface area contributed by atoms with Gasteiger partial charge in [0.1, 0.15) is 0 Å². The molecule has 1 aromatic carbocycles. The Morgan fingerprint density at radius 3 is 2.95 bits per heavy atom. The molecule has 5 heteroatoms. The van der Waals surface area contributed by atoms with E-state index in [1.807, 2.05) is 24.3 Å². The van der Waals surface area contributed by atoms with E-state index in [4.69, 9.17) is 0 Å². The van der Waals surface area contributed by atoms with E-state index in [1.54, 1.807) is 11.3 Å². The number of hydrogen-bond acceptors (Lipinski definition) is 3. The molecule has 1 unspecified atom stereocenters. The van der Waals surface area contributed by atoms with Gasteiger partial charge in [0.15, 0.2) is 0 Å². The molecule has 3 rings (SSSR count). The minimum atomic E-state index is -0.727. The summed E-state index contributed by atoms with van der Waals surface area (Å²) in [6.07, 6.45) is 0.664. The number of benzene rings is 1. The fourth-order valence-corrected chi connectivity index (χ4v) is 3.90. The number of aliphatic carboxylic acids is 1. The van der Waals surface area contributed by atoms with E-state index in [2.05, 4.69) is 32.3 Å². The second kappa shape index (κ2) is 5.58. The molecule has 104 valence electrons. The van der Waals surface area contributed by atoms with E-state index in [0.717, 1.165) is 28.1 Å². The number of thiophene rings is 1. The van der Waals surface area contributed by atoms with Gasteiger partial charge in [0, 0.05) is 18.8 Å². The first kappa shape index (κ1) is 13.6. The first-order chi connectivity index (χ1) is 9.65. The van der Waals surface area contributed by atoms with Crippen molar-refractivity contribution in [3.63, 3.8) is 0 Å². The Morgan fingerprint density at radius 2 is 2.25 bits per heavy atom. The van der Waals surface area contributed by atoms with Crippen molar-refractivity contribution < 1.29 is 9.90 Å². The third-order valence-corrected chi connectivity index (χ3v) is 5.19. The number of fused-ring (bicyclic) bond motifs is 1. The van der Waals surface area contributed by atoms with Crippen LogP contribution in [0.3, 0.4) is 0 Å². The summed E-state index contributed by atoms with van der Waals surface area (Å²) in [6, 6.07) is 9.96. The Labute approximate surface area is 130 Å². The zero-order valence-electron chi connectivity index (χ0n) is 10.8. The summed E-state index contributed by atoms with van der Waals surface area (Å²) in [5.74, 6) is -1.10. The predicted octanol–water partition coefficient (Wildman–Crippen LogP) is 4.09. The number of hydrogen-bond donors (Lipinski definition) is 1. The molecule has 0 saturated carbocycles. The highest BCUT2D eigenvalue weighted by atomic mass is 79.9. The van der Waals surface area contributed by atoms with Crippen LogP contribution in [0.2, 0.25) is 0 Å². The van der Waals surface area contributed by atoms with Gasteiger partial charge < -0.3 is 10.0 Å². The van der Waals surface area contributed by atoms with E-state index in [0.29, 0.717) is 6.42 Å². The monoisotopic (exact) mass is 351 g/mol. The summed E-state index contributed by atoms with van der Waals surface area (Å²) < 4.78 is 1.13. The fourth-order valence-electron chi connectivity index (χ4n) is 2.70. The Balaban J connectivity index is 1.90. The van der Waals surface area contributed by atoms with Crippen molar-refractivity contribution >= 4 is 38.9 Å². The van der Waals surface area contributed by atoms with Crippen molar-refractivity contribution in [1.82, 2.24) is 0 Å². The highest BCUT2D eigenvalue weighted by Crippen LogP contribution is 2.36. The maximum atomic E-state index is 11.4. The minimum Gasteiger partial charge on any atom is -0.481 e. The Hall–Kier alpha value is -1.33. The maximum absolute atomic E-state index is 11.4. The standard InChI is InChI=1S/C15H14BrNO2S/c16-14-7-10(9-20-14)8-17-6-5-12(15(18)19)11-3-1-2-4-13(11)17/h1-4,7,9,12H,5-6,8H2,(H,18,19). The van der Waals surface area contributed by atoms with Crippen LogP contribution >= 0.6 is 27.3 Å². The fraction of sp³-hybridized carbons (Fsp3) is 0.267. The zero-order valence-corrected chi connectivity index (χ0v) is 13.2. The normalized spacial score (nSPS) is 17.9. The van der Waals surface area contributed by atoms with Crippen LogP contribution in [-0.2, 0) is 11.3 Å². The van der Waals surface area contributed by atoms with E-state index in [-0.39, 0.29) is 5.92 Å². The number of nitrogens with zero attached hydrogens (tertiary/aromatic N) is 1. The first-order valence-corrected chi connectivity index (χ1v) is 8.12. The smallest absolute Gasteiger partial charge is 0.311 e. The second-order valence-electron chi connectivity index (χ2n) is 4.92. The number of halogens is 1. The molecule has 0 fully saturated rings. The minimum absolute atomic E-state index is 0.378. The average molecular weight is 352 g/mol. The molecule has 1 aliphatic rings. The number of carboxylic acid groups (broad SMARTS) is 1. The van der Waals surface area contributed by atoms with Crippen LogP contribution in [0, 0.1) is 0 Å². The van der Waals surface area contributed by atoms with Gasteiger partial charge in [-0.15, -0.1) is 11.3 Å². The van der Waals surface area contributed by atoms with Crippen LogP contribution in [0.4, 0.5) is 5.69 Å². The zero-order chi connectivity index (χ0) is 14.1. The topological polar surface area (TPSA) is 40.5 Å². The summed E-state index contributed by atoms with van der Waals surface area (Å²) >= 11 is 5.16. The molecule has 1 N–H and O–H groups in total. The lowest BCUT2D eigenvalue weighted by molar-refractivity contribution is -0.139. The summed E-state index contributed by atoms with van der Waals surface area (Å²) in [5.41, 5.74) is 3.24. The molecule has 2 heterocycles. The van der Waals surface area contributed by atoms with Crippen molar-refractivity contribution in [2.45, 2.75) is 18.9 Å². The molecular weight excluding hydrogens is 338 g/mol. The van der Waals surface area contributed by atoms with Gasteiger partial charge in [-0.2, -0.15) is 0 Å². The van der Waals surface area contributed by atoms with E-state index < -0.39 is 5.97 Å². The van der Waals surface area contributed by atoms with Crippen molar-refractivity contribution in [3.05, 3.63) is 50.6 Å². The molecule has 0 amide bonds. The summed E-state index contributed by atoms with van der Waals surface area (Å²) in [7, 11) is 0. The summed E-state index contributed by atoms with van der Waals surface area (Å²) in [5, 5.41) is 11.5. The van der Waals surface area contributed by atoms with E-state index >= 15 is 0 Å². The number of carbonyl (C=O) groups is 1. The van der Waals surface area contributed by atoms with Gasteiger partial charge in [-0.05, 0) is 51.0 Å². The average Bonchev–Trinajstić information content (AvgIpc) is 2.84. The third kappa shape index (κ3) is 2.60. The molecule has 3 nitrogen and oxygen atoms in total. The first-order valence-electron chi connectivity index (χ1n) is 6.45. The second-order valence-corrected chi connectivity index (χ2v) is 7.21. The van der Waals surface area contributed by atoms with Crippen molar-refractivity contribution in [2.24, 2.45) is 0 Å². The summed E-state index contributed by atoms with van der Waals surface area (Å²) in [4.78, 5) is 13.6. The molecule has 0 aliphatic carbocycles.